The fourth-order valence-electron chi connectivity index (χ4n) is 6.79. The number of aliphatic carboxylic acids is 1. The summed E-state index contributed by atoms with van der Waals surface area (Å²) in [4.78, 5) is 85.7. The molecule has 5 unspecified atom stereocenters. The first-order valence-corrected chi connectivity index (χ1v) is 20.4. The zero-order valence-corrected chi connectivity index (χ0v) is 32.8. The number of aliphatic hydroxyl groups is 3. The van der Waals surface area contributed by atoms with Crippen LogP contribution >= 0.6 is 15.6 Å². The minimum absolute atomic E-state index is 0.00894. The lowest BCUT2D eigenvalue weighted by Gasteiger charge is -2.44. The molecule has 2 fully saturated rings. The van der Waals surface area contributed by atoms with Crippen molar-refractivity contribution < 1.29 is 81.6 Å². The second-order valence-corrected chi connectivity index (χ2v) is 15.8. The Labute approximate surface area is 332 Å². The van der Waals surface area contributed by atoms with Crippen molar-refractivity contribution in [3.8, 4) is 0 Å². The molecule has 326 valence electrons. The molecule has 0 spiro atoms. The third-order valence-electron chi connectivity index (χ3n) is 9.55. The van der Waals surface area contributed by atoms with Crippen molar-refractivity contribution in [3.63, 3.8) is 0 Å². The van der Waals surface area contributed by atoms with Gasteiger partial charge in [-0.15, -0.1) is 6.58 Å². The van der Waals surface area contributed by atoms with E-state index >= 15 is 0 Å². The molecule has 0 bridgehead atoms. The van der Waals surface area contributed by atoms with Gasteiger partial charge in [-0.3, -0.25) is 27.5 Å². The summed E-state index contributed by atoms with van der Waals surface area (Å²) in [6, 6.07) is 1.15. The molecule has 3 aromatic heterocycles. The summed E-state index contributed by atoms with van der Waals surface area (Å²) in [5.41, 5.74) is 7.92. The molecule has 0 saturated carbocycles. The number of carboxylic acids is 1. The monoisotopic (exact) mass is 879 g/mol. The van der Waals surface area contributed by atoms with Crippen molar-refractivity contribution >= 4 is 50.3 Å². The summed E-state index contributed by atoms with van der Waals surface area (Å²) < 4.78 is 59.3. The number of likely N-dealkylation sites (N-methyl/N-ethyl adjacent to an activating group) is 1. The van der Waals surface area contributed by atoms with Crippen LogP contribution in [0.15, 0.2) is 42.4 Å². The lowest BCUT2D eigenvalue weighted by atomic mass is 9.76. The zero-order chi connectivity index (χ0) is 43.4. The van der Waals surface area contributed by atoms with Gasteiger partial charge in [0.05, 0.1) is 51.4 Å². The van der Waals surface area contributed by atoms with Gasteiger partial charge in [0.25, 0.3) is 0 Å². The molecule has 3 aromatic rings. The summed E-state index contributed by atoms with van der Waals surface area (Å²) in [7, 11) is -9.62. The highest BCUT2D eigenvalue weighted by atomic mass is 31.2. The fraction of sp³-hybridized carbons (Fsp3) is 0.567. The van der Waals surface area contributed by atoms with Gasteiger partial charge in [0.1, 0.15) is 42.1 Å². The van der Waals surface area contributed by atoms with Crippen LogP contribution in [0.3, 0.4) is 0 Å². The predicted molar refractivity (Wildman–Crippen MR) is 195 cm³/mol. The third kappa shape index (κ3) is 9.85. The minimum Gasteiger partial charge on any atom is -0.479 e. The number of carbonyl (C=O) groups is 2. The summed E-state index contributed by atoms with van der Waals surface area (Å²) in [5.74, 6) is -4.57. The van der Waals surface area contributed by atoms with Crippen LogP contribution in [0.2, 0.25) is 0 Å². The van der Waals surface area contributed by atoms with Crippen molar-refractivity contribution in [1.82, 2.24) is 34.0 Å². The number of allylic oxidation sites excluding steroid dienone is 1. The van der Waals surface area contributed by atoms with Gasteiger partial charge >= 0.3 is 27.3 Å². The van der Waals surface area contributed by atoms with Crippen LogP contribution < -0.4 is 17.2 Å². The van der Waals surface area contributed by atoms with Crippen LogP contribution in [0.4, 0.5) is 11.6 Å². The quantitative estimate of drug-likeness (QED) is 0.0315. The molecule has 0 aromatic carbocycles. The maximum atomic E-state index is 13.7. The number of carboxylic acid groups (broad SMARTS) is 1. The molecule has 5 heterocycles. The second kappa shape index (κ2) is 18.5. The Balaban J connectivity index is 1.52. The summed E-state index contributed by atoms with van der Waals surface area (Å²) >= 11 is 0. The number of hydrogen-bond acceptors (Lipinski definition) is 20. The number of imidazole rings is 1. The minimum atomic E-state index is -5.54. The molecule has 5 rings (SSSR count). The number of phosphoric ester groups is 2. The van der Waals surface area contributed by atoms with E-state index in [-0.39, 0.29) is 35.6 Å². The first-order chi connectivity index (χ1) is 27.8. The summed E-state index contributed by atoms with van der Waals surface area (Å²) in [5, 5.41) is 43.6. The zero-order valence-electron chi connectivity index (χ0n) is 31.0. The number of carbonyl (C=O) groups excluding carboxylic acids is 1. The van der Waals surface area contributed by atoms with Gasteiger partial charge in [-0.1, -0.05) is 6.08 Å². The average Bonchev–Trinajstić information content (AvgIpc) is 3.83. The van der Waals surface area contributed by atoms with Crippen LogP contribution in [0.25, 0.3) is 11.2 Å². The Morgan fingerprint density at radius 1 is 1.05 bits per heavy atom. The van der Waals surface area contributed by atoms with E-state index in [2.05, 4.69) is 31.0 Å². The van der Waals surface area contributed by atoms with Crippen LogP contribution in [0.5, 0.6) is 0 Å². The van der Waals surface area contributed by atoms with E-state index in [0.717, 1.165) is 36.9 Å². The van der Waals surface area contributed by atoms with Crippen molar-refractivity contribution in [1.29, 1.82) is 0 Å². The van der Waals surface area contributed by atoms with E-state index in [4.69, 9.17) is 34.7 Å². The SMILES string of the molecule is C=CCCC(=O)N(C)[C@](COCCO)(C(=O)O)C1C(COP(=O)(O)O[C@H]2[C@@H](O)[C@H](n3ccc(N)nc3=O)O[C@@H]2COP(=O)(O)O)OC(n2cnc3c(N)ncnc32)C1O. The molecule has 29 heteroatoms. The third-order valence-corrected chi connectivity index (χ3v) is 11.0. The number of anilines is 2. The number of fused-ring (bicyclic) bond motifs is 1. The molecule has 0 aliphatic carbocycles. The summed E-state index contributed by atoms with van der Waals surface area (Å²) in [6.45, 7) is -0.449. The smallest absolute Gasteiger partial charge is 0.472 e. The standard InChI is InChI=1S/C30H43N9O18P2/c1-3-4-5-18(41)37(2)30(28(44)45,12-52-9-8-40)19-15(55-26(21(19)42)39-14-35-20-24(32)33-13-34-25(20)39)10-54-59(50,51)57-23-16(11-53-58(47,48)49)56-27(22(23)43)38-7-6-17(31)36-29(38)46/h3,6-7,13-16,19,21-23,26-27,40,42-43H,1,4-5,8-12H2,2H3,(H,44,45)(H,50,51)(H2,31,36,46)(H2,32,33,34)(H2,47,48,49)/t15?,16-,19?,21?,22-,23-,26?,27-,30+/m1/s1. The van der Waals surface area contributed by atoms with E-state index in [0.29, 0.717) is 4.57 Å². The normalized spacial score (nSPS) is 26.7. The topological polar surface area (TPSA) is 399 Å². The van der Waals surface area contributed by atoms with Gasteiger partial charge in [-0.05, 0) is 12.5 Å². The molecule has 2 aliphatic rings. The Kier molecular flexibility index (Phi) is 14.4. The second-order valence-electron chi connectivity index (χ2n) is 13.2. The highest BCUT2D eigenvalue weighted by Crippen LogP contribution is 2.51. The van der Waals surface area contributed by atoms with Gasteiger partial charge in [0.15, 0.2) is 29.5 Å². The Hall–Kier alpha value is -4.31. The Morgan fingerprint density at radius 2 is 1.73 bits per heavy atom. The number of aliphatic hydroxyl groups excluding tert-OH is 3. The number of rotatable bonds is 20. The van der Waals surface area contributed by atoms with Crippen molar-refractivity contribution in [2.45, 2.75) is 61.4 Å². The number of nitrogen functional groups attached to an aromatic ring is 2. The lowest BCUT2D eigenvalue weighted by Crippen LogP contribution is -2.67. The number of aromatic nitrogens is 6. The lowest BCUT2D eigenvalue weighted by molar-refractivity contribution is -0.174. The molecule has 27 nitrogen and oxygen atoms in total. The van der Waals surface area contributed by atoms with E-state index in [9.17, 15) is 58.6 Å². The van der Waals surface area contributed by atoms with Crippen molar-refractivity contribution in [3.05, 3.63) is 48.1 Å². The van der Waals surface area contributed by atoms with E-state index in [1.165, 1.54) is 10.6 Å². The largest absolute Gasteiger partial charge is 0.479 e. The number of nitrogens with zero attached hydrogens (tertiary/aromatic N) is 7. The van der Waals surface area contributed by atoms with E-state index in [1.807, 2.05) is 0 Å². The van der Waals surface area contributed by atoms with Gasteiger partial charge in [-0.2, -0.15) is 4.98 Å². The number of amides is 1. The van der Waals surface area contributed by atoms with Crippen LogP contribution in [-0.4, -0.2) is 157 Å². The molecular formula is C30H43N9O18P2. The van der Waals surface area contributed by atoms with Gasteiger partial charge in [-0.25, -0.2) is 33.7 Å². The molecule has 59 heavy (non-hydrogen) atoms. The molecule has 2 aliphatic heterocycles. The van der Waals surface area contributed by atoms with Gasteiger partial charge in [0, 0.05) is 19.7 Å². The number of hydrogen-bond donors (Lipinski definition) is 9. The molecule has 2 saturated heterocycles. The highest BCUT2D eigenvalue weighted by molar-refractivity contribution is 7.47. The highest BCUT2D eigenvalue weighted by Gasteiger charge is 2.63. The first-order valence-electron chi connectivity index (χ1n) is 17.4. The van der Waals surface area contributed by atoms with Crippen molar-refractivity contribution in [2.24, 2.45) is 5.92 Å². The number of ether oxygens (including phenoxy) is 3. The van der Waals surface area contributed by atoms with E-state index < -0.39 is 121 Å². The van der Waals surface area contributed by atoms with Crippen LogP contribution in [0.1, 0.15) is 25.3 Å². The molecule has 10 atom stereocenters. The van der Waals surface area contributed by atoms with E-state index in [1.54, 1.807) is 0 Å². The maximum absolute atomic E-state index is 13.7. The Bertz CT molecular complexity index is 2160. The predicted octanol–water partition coefficient (Wildman–Crippen LogP) is -2.75. The molecule has 0 radical (unpaired) electrons. The van der Waals surface area contributed by atoms with Crippen LogP contribution in [0, 0.1) is 5.92 Å². The maximum Gasteiger partial charge on any atom is 0.472 e. The average molecular weight is 880 g/mol. The van der Waals surface area contributed by atoms with Crippen molar-refractivity contribution in [2.75, 3.05) is 51.5 Å². The van der Waals surface area contributed by atoms with Gasteiger partial charge in [0.2, 0.25) is 5.91 Å². The Morgan fingerprint density at radius 3 is 2.37 bits per heavy atom. The molecule has 1 amide bonds. The van der Waals surface area contributed by atoms with Crippen LogP contribution in [-0.2, 0) is 46.5 Å². The number of nitrogens with two attached hydrogens (primary N) is 2. The summed E-state index contributed by atoms with van der Waals surface area (Å²) in [6.07, 6.45) is -8.31. The number of phosphoric acid groups is 2. The fourth-order valence-corrected chi connectivity index (χ4v) is 8.09. The van der Waals surface area contributed by atoms with Gasteiger partial charge < -0.3 is 65.7 Å². The molecular weight excluding hydrogens is 836 g/mol. The first kappa shape index (κ1) is 45.8. The molecule has 11 N–H and O–H groups in total.